The maximum atomic E-state index is 13.2. The normalized spacial score (nSPS) is 14.6. The van der Waals surface area contributed by atoms with Gasteiger partial charge in [0.2, 0.25) is 15.8 Å². The number of benzene rings is 3. The molecule has 0 aliphatic carbocycles. The fourth-order valence-corrected chi connectivity index (χ4v) is 5.80. The summed E-state index contributed by atoms with van der Waals surface area (Å²) in [5.41, 5.74) is 7.03. The van der Waals surface area contributed by atoms with Gasteiger partial charge in [-0.1, -0.05) is 42.5 Å². The van der Waals surface area contributed by atoms with Crippen LogP contribution in [0.15, 0.2) is 77.7 Å². The maximum Gasteiger partial charge on any atom is 0.372 e. The largest absolute Gasteiger partial charge is 0.492 e. The molecule has 3 aromatic rings. The van der Waals surface area contributed by atoms with Gasteiger partial charge in [0.15, 0.2) is 0 Å². The first-order valence-corrected chi connectivity index (χ1v) is 15.0. The number of carbonyl (C=O) groups is 2. The summed E-state index contributed by atoms with van der Waals surface area (Å²) in [4.78, 5) is 23.2. The molecule has 0 unspecified atom stereocenters. The quantitative estimate of drug-likeness (QED) is 0.106. The first-order valence-electron chi connectivity index (χ1n) is 13.5. The van der Waals surface area contributed by atoms with Crippen molar-refractivity contribution in [2.45, 2.75) is 42.7 Å². The highest BCUT2D eigenvalue weighted by molar-refractivity contribution is 7.89. The number of hydrogen-bond donors (Lipinski definition) is 5. The maximum absolute atomic E-state index is 13.2. The Labute approximate surface area is 244 Å². The second-order valence-corrected chi connectivity index (χ2v) is 11.7. The smallest absolute Gasteiger partial charge is 0.372 e. The number of piperidine rings is 1. The Kier molecular flexibility index (Phi) is 10.3. The van der Waals surface area contributed by atoms with E-state index in [-0.39, 0.29) is 41.2 Å². The first-order chi connectivity index (χ1) is 20.1. The van der Waals surface area contributed by atoms with Crippen molar-refractivity contribution < 1.29 is 32.6 Å². The van der Waals surface area contributed by atoms with Crippen LogP contribution in [-0.2, 0) is 32.5 Å². The van der Waals surface area contributed by atoms with Crippen molar-refractivity contribution in [1.82, 2.24) is 10.0 Å². The third-order valence-corrected chi connectivity index (χ3v) is 8.31. The van der Waals surface area contributed by atoms with E-state index in [1.54, 1.807) is 18.2 Å². The number of hydrogen-bond acceptors (Lipinski definition) is 8. The van der Waals surface area contributed by atoms with Crippen LogP contribution in [-0.4, -0.2) is 63.0 Å². The minimum atomic E-state index is -3.92. The van der Waals surface area contributed by atoms with Crippen LogP contribution >= 0.6 is 0 Å². The van der Waals surface area contributed by atoms with Gasteiger partial charge in [-0.05, 0) is 68.2 Å². The summed E-state index contributed by atoms with van der Waals surface area (Å²) in [5.74, 6) is -2.01. The monoisotopic (exact) mass is 594 g/mol. The van der Waals surface area contributed by atoms with Gasteiger partial charge in [0, 0.05) is 17.5 Å². The van der Waals surface area contributed by atoms with Gasteiger partial charge in [-0.3, -0.25) is 10.2 Å². The number of nitrogens with two attached hydrogens (primary N) is 1. The minimum Gasteiger partial charge on any atom is -0.492 e. The molecule has 1 atom stereocenters. The lowest BCUT2D eigenvalue weighted by atomic mass is 10.0. The number of Topliss-reactive ketones (excluding diaryl/α,β-unsaturated/α-hetero) is 1. The molecule has 0 saturated carbocycles. The molecule has 0 spiro atoms. The van der Waals surface area contributed by atoms with Crippen molar-refractivity contribution in [3.63, 3.8) is 0 Å². The van der Waals surface area contributed by atoms with Gasteiger partial charge >= 0.3 is 5.97 Å². The number of rotatable bonds is 14. The van der Waals surface area contributed by atoms with Crippen LogP contribution in [0, 0.1) is 5.41 Å². The summed E-state index contributed by atoms with van der Waals surface area (Å²) >= 11 is 0. The van der Waals surface area contributed by atoms with Gasteiger partial charge in [-0.2, -0.15) is 0 Å². The average Bonchev–Trinajstić information content (AvgIpc) is 2.98. The zero-order valence-corrected chi connectivity index (χ0v) is 23.7. The van der Waals surface area contributed by atoms with E-state index in [1.807, 2.05) is 24.3 Å². The Hall–Kier alpha value is -4.26. The lowest BCUT2D eigenvalue weighted by Crippen LogP contribution is -2.40. The van der Waals surface area contributed by atoms with Crippen LogP contribution in [0.1, 0.15) is 29.5 Å². The van der Waals surface area contributed by atoms with Crippen LogP contribution in [0.25, 0.3) is 0 Å². The van der Waals surface area contributed by atoms with Gasteiger partial charge in [0.05, 0.1) is 10.9 Å². The summed E-state index contributed by atoms with van der Waals surface area (Å²) in [6, 6.07) is 19.0. The van der Waals surface area contributed by atoms with Crippen molar-refractivity contribution in [3.8, 4) is 11.5 Å². The Morgan fingerprint density at radius 3 is 2.38 bits per heavy atom. The molecule has 0 bridgehead atoms. The standard InChI is InChI=1S/C30H34N4O7S/c31-29(32)22-9-8-21(17-27(35)30(36)37)28(18-22)40-19-23(34-42(38,39)26-4-2-1-3-5-26)16-20-6-10-24(11-7-20)41-25-12-14-33-15-13-25/h1-11,18,23,25,33-34H,12-17,19H2,(H3,31,32)(H,36,37)/t23-/m0/s1. The number of amidine groups is 1. The topological polar surface area (TPSA) is 181 Å². The third kappa shape index (κ3) is 8.62. The summed E-state index contributed by atoms with van der Waals surface area (Å²) in [6.07, 6.45) is 1.81. The SMILES string of the molecule is N=C(N)c1ccc(CC(=O)C(=O)O)c(OC[C@H](Cc2ccc(OC3CCNCC3)cc2)NS(=O)(=O)c2ccccc2)c1. The van der Waals surface area contributed by atoms with Crippen LogP contribution in [0.2, 0.25) is 0 Å². The zero-order valence-electron chi connectivity index (χ0n) is 22.9. The Bertz CT molecular complexity index is 1510. The third-order valence-electron chi connectivity index (χ3n) is 6.78. The molecule has 1 heterocycles. The van der Waals surface area contributed by atoms with E-state index >= 15 is 0 Å². The molecule has 1 saturated heterocycles. The van der Waals surface area contributed by atoms with E-state index in [0.29, 0.717) is 5.56 Å². The number of ketones is 1. The first kappa shape index (κ1) is 30.7. The van der Waals surface area contributed by atoms with Gasteiger partial charge < -0.3 is 25.6 Å². The predicted molar refractivity (Wildman–Crippen MR) is 157 cm³/mol. The Balaban J connectivity index is 1.55. The molecule has 42 heavy (non-hydrogen) atoms. The highest BCUT2D eigenvalue weighted by Crippen LogP contribution is 2.23. The van der Waals surface area contributed by atoms with Crippen LogP contribution < -0.4 is 25.2 Å². The van der Waals surface area contributed by atoms with Gasteiger partial charge in [-0.25, -0.2) is 17.9 Å². The van der Waals surface area contributed by atoms with E-state index < -0.39 is 34.2 Å². The van der Waals surface area contributed by atoms with E-state index in [4.69, 9.17) is 25.7 Å². The number of aliphatic carboxylic acids is 1. The summed E-state index contributed by atoms with van der Waals surface area (Å²) in [7, 11) is -3.92. The van der Waals surface area contributed by atoms with E-state index in [1.165, 1.54) is 30.3 Å². The highest BCUT2D eigenvalue weighted by Gasteiger charge is 2.23. The van der Waals surface area contributed by atoms with E-state index in [0.717, 1.165) is 37.2 Å². The van der Waals surface area contributed by atoms with E-state index in [2.05, 4.69) is 10.0 Å². The summed E-state index contributed by atoms with van der Waals surface area (Å²) < 4.78 is 41.2. The van der Waals surface area contributed by atoms with Gasteiger partial charge in [0.1, 0.15) is 30.0 Å². The van der Waals surface area contributed by atoms with Crippen LogP contribution in [0.3, 0.4) is 0 Å². The predicted octanol–water partition coefficient (Wildman–Crippen LogP) is 2.27. The number of carboxylic acids is 1. The molecule has 11 nitrogen and oxygen atoms in total. The number of nitrogens with one attached hydrogen (secondary N) is 3. The number of nitrogen functional groups attached to an aromatic ring is 1. The van der Waals surface area contributed by atoms with Crippen molar-refractivity contribution in [3.05, 3.63) is 89.5 Å². The average molecular weight is 595 g/mol. The lowest BCUT2D eigenvalue weighted by Gasteiger charge is -2.24. The molecule has 0 aromatic heterocycles. The number of carboxylic acid groups (broad SMARTS) is 1. The molecule has 3 aromatic carbocycles. The van der Waals surface area contributed by atoms with Crippen molar-refractivity contribution in [2.75, 3.05) is 19.7 Å². The highest BCUT2D eigenvalue weighted by atomic mass is 32.2. The zero-order chi connectivity index (χ0) is 30.1. The molecule has 1 aliphatic heterocycles. The van der Waals surface area contributed by atoms with Crippen molar-refractivity contribution >= 4 is 27.6 Å². The second kappa shape index (κ2) is 14.1. The van der Waals surface area contributed by atoms with Crippen molar-refractivity contribution in [2.24, 2.45) is 5.73 Å². The molecule has 1 fully saturated rings. The molecule has 222 valence electrons. The molecule has 4 rings (SSSR count). The molecule has 0 radical (unpaired) electrons. The fourth-order valence-electron chi connectivity index (χ4n) is 4.56. The summed E-state index contributed by atoms with van der Waals surface area (Å²) in [5, 5.41) is 20.1. The van der Waals surface area contributed by atoms with Gasteiger partial charge in [0.25, 0.3) is 0 Å². The Morgan fingerprint density at radius 1 is 1.05 bits per heavy atom. The minimum absolute atomic E-state index is 0.0899. The van der Waals surface area contributed by atoms with Crippen LogP contribution in [0.5, 0.6) is 11.5 Å². The molecular weight excluding hydrogens is 560 g/mol. The molecule has 12 heteroatoms. The number of carbonyl (C=O) groups excluding carboxylic acids is 1. The van der Waals surface area contributed by atoms with E-state index in [9.17, 15) is 18.0 Å². The molecular formula is C30H34N4O7S. The fraction of sp³-hybridized carbons (Fsp3) is 0.300. The van der Waals surface area contributed by atoms with Crippen molar-refractivity contribution in [1.29, 1.82) is 5.41 Å². The second-order valence-electron chi connectivity index (χ2n) is 10.00. The Morgan fingerprint density at radius 2 is 1.74 bits per heavy atom. The summed E-state index contributed by atoms with van der Waals surface area (Å²) in [6.45, 7) is 1.66. The number of sulfonamides is 1. The lowest BCUT2D eigenvalue weighted by molar-refractivity contribution is -0.148. The van der Waals surface area contributed by atoms with Gasteiger partial charge in [-0.15, -0.1) is 0 Å². The number of ether oxygens (including phenoxy) is 2. The molecule has 0 amide bonds. The molecule has 1 aliphatic rings. The van der Waals surface area contributed by atoms with Crippen LogP contribution in [0.4, 0.5) is 0 Å². The molecule has 6 N–H and O–H groups in total.